The highest BCUT2D eigenvalue weighted by atomic mass is 16.5. The molecule has 4 rings (SSSR count). The Morgan fingerprint density at radius 3 is 2.49 bits per heavy atom. The third kappa shape index (κ3) is 6.70. The smallest absolute Gasteiger partial charge is 0.311 e. The predicted molar refractivity (Wildman–Crippen MR) is 145 cm³/mol. The fourth-order valence-electron chi connectivity index (χ4n) is 4.36. The van der Waals surface area contributed by atoms with Gasteiger partial charge in [-0.1, -0.05) is 42.5 Å². The van der Waals surface area contributed by atoms with E-state index in [0.717, 1.165) is 59.0 Å². The number of unbranched alkanes of at least 4 members (excludes halogenated alkanes) is 1. The second-order valence-corrected chi connectivity index (χ2v) is 9.91. The molecule has 6 nitrogen and oxygen atoms in total. The summed E-state index contributed by atoms with van der Waals surface area (Å²) < 4.78 is 19.1. The molecule has 0 fully saturated rings. The second kappa shape index (κ2) is 12.0. The monoisotopic (exact) mass is 500 g/mol. The van der Waals surface area contributed by atoms with E-state index in [1.165, 1.54) is 0 Å². The Balaban J connectivity index is 1.40. The first-order valence-corrected chi connectivity index (χ1v) is 12.9. The molecule has 0 bridgehead atoms. The summed E-state index contributed by atoms with van der Waals surface area (Å²) in [6.07, 6.45) is 6.29. The highest BCUT2D eigenvalue weighted by molar-refractivity contribution is 5.75. The van der Waals surface area contributed by atoms with Crippen LogP contribution < -0.4 is 4.74 Å². The Bertz CT molecular complexity index is 1290. The molecular formula is C31H36N2O4. The van der Waals surface area contributed by atoms with E-state index < -0.39 is 5.41 Å². The zero-order valence-corrected chi connectivity index (χ0v) is 22.2. The summed E-state index contributed by atoms with van der Waals surface area (Å²) in [6.45, 7) is 9.40. The molecule has 0 saturated heterocycles. The number of imidazole rings is 1. The van der Waals surface area contributed by atoms with Crippen LogP contribution in [0.4, 0.5) is 0 Å². The molecule has 4 aromatic rings. The molecule has 6 heteroatoms. The fourth-order valence-corrected chi connectivity index (χ4v) is 4.36. The first-order valence-electron chi connectivity index (χ1n) is 12.9. The molecule has 0 aliphatic rings. The number of aryl methyl sites for hydroxylation is 1. The Hall–Kier alpha value is -3.80. The number of para-hydroxylation sites is 1. The van der Waals surface area contributed by atoms with Crippen LogP contribution in [0.25, 0.3) is 22.7 Å². The van der Waals surface area contributed by atoms with Crippen LogP contribution in [0, 0.1) is 12.3 Å². The van der Waals surface area contributed by atoms with Crippen LogP contribution in [0.5, 0.6) is 5.75 Å². The highest BCUT2D eigenvalue weighted by Crippen LogP contribution is 2.28. The minimum absolute atomic E-state index is 0.136. The van der Waals surface area contributed by atoms with Gasteiger partial charge in [0.1, 0.15) is 17.3 Å². The molecule has 0 N–H and O–H groups in total. The van der Waals surface area contributed by atoms with E-state index in [1.54, 1.807) is 6.26 Å². The number of carbonyl (C=O) groups is 1. The summed E-state index contributed by atoms with van der Waals surface area (Å²) in [5.74, 6) is 2.50. The van der Waals surface area contributed by atoms with Crippen molar-refractivity contribution in [3.63, 3.8) is 0 Å². The Labute approximate surface area is 219 Å². The summed E-state index contributed by atoms with van der Waals surface area (Å²) in [5, 5.41) is 0. The van der Waals surface area contributed by atoms with Crippen molar-refractivity contribution in [2.24, 2.45) is 5.41 Å². The van der Waals surface area contributed by atoms with E-state index in [0.29, 0.717) is 19.8 Å². The lowest BCUT2D eigenvalue weighted by Crippen LogP contribution is -2.26. The van der Waals surface area contributed by atoms with E-state index >= 15 is 0 Å². The van der Waals surface area contributed by atoms with Crippen molar-refractivity contribution in [2.75, 3.05) is 13.2 Å². The number of hydrogen-bond donors (Lipinski definition) is 0. The van der Waals surface area contributed by atoms with Crippen LogP contribution in [-0.4, -0.2) is 28.7 Å². The average Bonchev–Trinajstić information content (AvgIpc) is 3.55. The molecule has 0 spiro atoms. The summed E-state index contributed by atoms with van der Waals surface area (Å²) in [7, 11) is 0. The number of aromatic nitrogens is 2. The maximum atomic E-state index is 12.1. The van der Waals surface area contributed by atoms with Crippen LogP contribution in [0.3, 0.4) is 0 Å². The molecule has 2 aromatic heterocycles. The minimum Gasteiger partial charge on any atom is -0.493 e. The van der Waals surface area contributed by atoms with Crippen LogP contribution in [-0.2, 0) is 16.1 Å². The number of benzene rings is 2. The molecule has 0 radical (unpaired) electrons. The van der Waals surface area contributed by atoms with E-state index in [2.05, 4.69) is 41.1 Å². The molecule has 0 amide bonds. The molecule has 0 aliphatic carbocycles. The van der Waals surface area contributed by atoms with Crippen molar-refractivity contribution in [1.29, 1.82) is 0 Å². The number of hydrogen-bond acceptors (Lipinski definition) is 5. The SMILES string of the molecule is CCOC(=O)C(C)(C)CCCCOc1ccccc1Cn1cc(C)nc1-c1ccc(-c2ccco2)cc1. The first-order chi connectivity index (χ1) is 17.9. The number of esters is 1. The van der Waals surface area contributed by atoms with Gasteiger partial charge in [-0.15, -0.1) is 0 Å². The summed E-state index contributed by atoms with van der Waals surface area (Å²) in [4.78, 5) is 16.9. The van der Waals surface area contributed by atoms with E-state index in [9.17, 15) is 4.79 Å². The standard InChI is InChI=1S/C31H36N2O4/c1-5-35-30(34)31(3,4)18-8-9-19-36-28-12-7-6-11-26(28)22-33-21-23(2)32-29(33)25-16-14-24(15-17-25)27-13-10-20-37-27/h6-7,10-17,20-21H,5,8-9,18-19,22H2,1-4H3. The minimum atomic E-state index is -0.472. The molecule has 37 heavy (non-hydrogen) atoms. The number of ether oxygens (including phenoxy) is 2. The maximum Gasteiger partial charge on any atom is 0.311 e. The molecule has 0 aliphatic heterocycles. The Morgan fingerprint density at radius 1 is 1.00 bits per heavy atom. The van der Waals surface area contributed by atoms with Gasteiger partial charge in [0.05, 0.1) is 37.1 Å². The summed E-state index contributed by atoms with van der Waals surface area (Å²) in [5.41, 5.74) is 3.67. The largest absolute Gasteiger partial charge is 0.493 e. The van der Waals surface area contributed by atoms with E-state index in [4.69, 9.17) is 18.9 Å². The van der Waals surface area contributed by atoms with Crippen LogP contribution in [0.15, 0.2) is 77.5 Å². The number of carbonyl (C=O) groups excluding carboxylic acids is 1. The third-order valence-corrected chi connectivity index (χ3v) is 6.44. The zero-order valence-electron chi connectivity index (χ0n) is 22.2. The normalized spacial score (nSPS) is 11.5. The lowest BCUT2D eigenvalue weighted by atomic mass is 9.87. The Morgan fingerprint density at radius 2 is 1.76 bits per heavy atom. The molecule has 2 aromatic carbocycles. The fraction of sp³-hybridized carbons (Fsp3) is 0.355. The average molecular weight is 501 g/mol. The van der Waals surface area contributed by atoms with Crippen molar-refractivity contribution in [2.45, 2.75) is 53.5 Å². The van der Waals surface area contributed by atoms with Crippen molar-refractivity contribution < 1.29 is 18.7 Å². The quantitative estimate of drug-likeness (QED) is 0.151. The molecule has 0 saturated carbocycles. The number of furan rings is 1. The molecule has 194 valence electrons. The second-order valence-electron chi connectivity index (χ2n) is 9.91. The van der Waals surface area contributed by atoms with Gasteiger partial charge >= 0.3 is 5.97 Å². The lowest BCUT2D eigenvalue weighted by molar-refractivity contribution is -0.153. The van der Waals surface area contributed by atoms with Gasteiger partial charge in [0, 0.05) is 22.9 Å². The van der Waals surface area contributed by atoms with Gasteiger partial charge in [-0.05, 0) is 65.2 Å². The maximum absolute atomic E-state index is 12.1. The third-order valence-electron chi connectivity index (χ3n) is 6.44. The van der Waals surface area contributed by atoms with Gasteiger partial charge in [0.2, 0.25) is 0 Å². The van der Waals surface area contributed by atoms with Crippen LogP contribution in [0.2, 0.25) is 0 Å². The molecule has 0 unspecified atom stereocenters. The predicted octanol–water partition coefficient (Wildman–Crippen LogP) is 7.31. The van der Waals surface area contributed by atoms with Crippen molar-refractivity contribution in [3.05, 3.63) is 84.4 Å². The van der Waals surface area contributed by atoms with Gasteiger partial charge in [-0.3, -0.25) is 4.79 Å². The number of rotatable bonds is 12. The lowest BCUT2D eigenvalue weighted by Gasteiger charge is -2.22. The van der Waals surface area contributed by atoms with E-state index in [1.807, 2.05) is 58.0 Å². The van der Waals surface area contributed by atoms with Crippen molar-refractivity contribution in [3.8, 4) is 28.5 Å². The Kier molecular flexibility index (Phi) is 8.49. The van der Waals surface area contributed by atoms with Crippen LogP contribution in [0.1, 0.15) is 51.3 Å². The zero-order chi connectivity index (χ0) is 26.3. The summed E-state index contributed by atoms with van der Waals surface area (Å²) in [6, 6.07) is 20.3. The van der Waals surface area contributed by atoms with Gasteiger partial charge in [0.25, 0.3) is 0 Å². The molecular weight excluding hydrogens is 464 g/mol. The van der Waals surface area contributed by atoms with Crippen molar-refractivity contribution in [1.82, 2.24) is 9.55 Å². The summed E-state index contributed by atoms with van der Waals surface area (Å²) >= 11 is 0. The van der Waals surface area contributed by atoms with Crippen LogP contribution >= 0.6 is 0 Å². The van der Waals surface area contributed by atoms with Gasteiger partial charge < -0.3 is 18.5 Å². The topological polar surface area (TPSA) is 66.5 Å². The van der Waals surface area contributed by atoms with Crippen molar-refractivity contribution >= 4 is 5.97 Å². The first kappa shape index (κ1) is 26.3. The van der Waals surface area contributed by atoms with Gasteiger partial charge in [0.15, 0.2) is 0 Å². The molecule has 2 heterocycles. The van der Waals surface area contributed by atoms with E-state index in [-0.39, 0.29) is 5.97 Å². The van der Waals surface area contributed by atoms with Gasteiger partial charge in [-0.25, -0.2) is 4.98 Å². The highest BCUT2D eigenvalue weighted by Gasteiger charge is 2.28. The van der Waals surface area contributed by atoms with Gasteiger partial charge in [-0.2, -0.15) is 0 Å². The number of nitrogens with zero attached hydrogens (tertiary/aromatic N) is 2. The molecule has 0 atom stereocenters.